The number of hydrogen-bond donors (Lipinski definition) is 2. The molecule has 0 aliphatic carbocycles. The SMILES string of the molecule is CC(C)(CO)Oc1ccc(-c2nc3cc(-c4cnc(N)nc4)ccc3n2C(C)(C)C)c(-n2cncn2)c1. The van der Waals surface area contributed by atoms with Crippen LogP contribution in [0.4, 0.5) is 5.95 Å². The van der Waals surface area contributed by atoms with Crippen LogP contribution < -0.4 is 10.5 Å². The average Bonchev–Trinajstić information content (AvgIpc) is 3.52. The molecule has 5 rings (SSSR count). The van der Waals surface area contributed by atoms with Gasteiger partial charge >= 0.3 is 0 Å². The molecule has 2 aromatic carbocycles. The number of nitrogen functional groups attached to an aromatic ring is 1. The van der Waals surface area contributed by atoms with Crippen LogP contribution in [0.5, 0.6) is 5.75 Å². The predicted molar refractivity (Wildman–Crippen MR) is 142 cm³/mol. The van der Waals surface area contributed by atoms with Crippen molar-refractivity contribution in [2.45, 2.75) is 45.8 Å². The van der Waals surface area contributed by atoms with Gasteiger partial charge in [-0.2, -0.15) is 5.10 Å². The fourth-order valence-electron chi connectivity index (χ4n) is 4.24. The van der Waals surface area contributed by atoms with E-state index in [1.807, 2.05) is 44.2 Å². The smallest absolute Gasteiger partial charge is 0.219 e. The van der Waals surface area contributed by atoms with Gasteiger partial charge in [0.05, 0.1) is 23.3 Å². The second-order valence-electron chi connectivity index (χ2n) is 10.5. The minimum Gasteiger partial charge on any atom is -0.485 e. The van der Waals surface area contributed by atoms with Gasteiger partial charge in [0.25, 0.3) is 0 Å². The Balaban J connectivity index is 1.71. The zero-order valence-corrected chi connectivity index (χ0v) is 21.5. The average molecular weight is 499 g/mol. The molecule has 0 atom stereocenters. The number of aliphatic hydroxyl groups is 1. The van der Waals surface area contributed by atoms with Gasteiger partial charge in [0.1, 0.15) is 29.8 Å². The van der Waals surface area contributed by atoms with Crippen molar-refractivity contribution in [3.05, 3.63) is 61.4 Å². The number of hydrogen-bond acceptors (Lipinski definition) is 8. The Morgan fingerprint density at radius 1 is 0.973 bits per heavy atom. The summed E-state index contributed by atoms with van der Waals surface area (Å²) in [5, 5.41) is 14.1. The maximum Gasteiger partial charge on any atom is 0.219 e. The number of anilines is 1. The first-order valence-corrected chi connectivity index (χ1v) is 12.0. The molecular formula is C27H30N8O2. The third-order valence-electron chi connectivity index (χ3n) is 5.98. The molecule has 3 aromatic heterocycles. The number of ether oxygens (including phenoxy) is 1. The Bertz CT molecular complexity index is 1550. The van der Waals surface area contributed by atoms with Crippen LogP contribution in [-0.2, 0) is 5.54 Å². The maximum absolute atomic E-state index is 9.69. The molecule has 0 radical (unpaired) electrons. The summed E-state index contributed by atoms with van der Waals surface area (Å²) in [6.07, 6.45) is 6.55. The summed E-state index contributed by atoms with van der Waals surface area (Å²) in [6.45, 7) is 9.99. The van der Waals surface area contributed by atoms with E-state index in [-0.39, 0.29) is 18.1 Å². The molecule has 0 unspecified atom stereocenters. The molecule has 190 valence electrons. The Labute approximate surface area is 214 Å². The Hall–Kier alpha value is -4.31. The number of fused-ring (bicyclic) bond motifs is 1. The second kappa shape index (κ2) is 8.97. The van der Waals surface area contributed by atoms with Crippen LogP contribution >= 0.6 is 0 Å². The number of nitrogens with two attached hydrogens (primary N) is 1. The largest absolute Gasteiger partial charge is 0.485 e. The number of nitrogens with zero attached hydrogens (tertiary/aromatic N) is 7. The van der Waals surface area contributed by atoms with E-state index in [4.69, 9.17) is 15.5 Å². The van der Waals surface area contributed by atoms with Gasteiger partial charge < -0.3 is 20.1 Å². The maximum atomic E-state index is 9.69. The highest BCUT2D eigenvalue weighted by Gasteiger charge is 2.26. The summed E-state index contributed by atoms with van der Waals surface area (Å²) in [7, 11) is 0. The molecule has 10 nitrogen and oxygen atoms in total. The van der Waals surface area contributed by atoms with Crippen LogP contribution in [0.2, 0.25) is 0 Å². The molecule has 37 heavy (non-hydrogen) atoms. The molecule has 3 heterocycles. The molecule has 0 bridgehead atoms. The minimum atomic E-state index is -0.734. The van der Waals surface area contributed by atoms with Crippen molar-refractivity contribution in [1.82, 2.24) is 34.3 Å². The third kappa shape index (κ3) is 4.75. The lowest BCUT2D eigenvalue weighted by Gasteiger charge is -2.26. The fraction of sp³-hybridized carbons (Fsp3) is 0.296. The monoisotopic (exact) mass is 498 g/mol. The van der Waals surface area contributed by atoms with Crippen molar-refractivity contribution in [2.24, 2.45) is 0 Å². The van der Waals surface area contributed by atoms with Gasteiger partial charge in [-0.3, -0.25) is 0 Å². The molecule has 0 saturated heterocycles. The first-order valence-electron chi connectivity index (χ1n) is 12.0. The van der Waals surface area contributed by atoms with Gasteiger partial charge in [-0.1, -0.05) is 6.07 Å². The van der Waals surface area contributed by atoms with Crippen molar-refractivity contribution in [3.8, 4) is 34.0 Å². The lowest BCUT2D eigenvalue weighted by Crippen LogP contribution is -2.32. The van der Waals surface area contributed by atoms with Gasteiger partial charge in [-0.15, -0.1) is 0 Å². The van der Waals surface area contributed by atoms with E-state index in [0.717, 1.165) is 39.2 Å². The zero-order valence-electron chi connectivity index (χ0n) is 21.5. The summed E-state index contributed by atoms with van der Waals surface area (Å²) in [5.74, 6) is 1.63. The predicted octanol–water partition coefficient (Wildman–Crippen LogP) is 4.23. The van der Waals surface area contributed by atoms with Crippen molar-refractivity contribution >= 4 is 17.0 Å². The quantitative estimate of drug-likeness (QED) is 0.356. The van der Waals surface area contributed by atoms with Crippen LogP contribution in [0.3, 0.4) is 0 Å². The molecule has 0 aliphatic heterocycles. The van der Waals surface area contributed by atoms with Crippen LogP contribution in [0, 0.1) is 0 Å². The summed E-state index contributed by atoms with van der Waals surface area (Å²) >= 11 is 0. The van der Waals surface area contributed by atoms with E-state index in [2.05, 4.69) is 51.5 Å². The van der Waals surface area contributed by atoms with Crippen molar-refractivity contribution < 1.29 is 9.84 Å². The van der Waals surface area contributed by atoms with E-state index < -0.39 is 5.60 Å². The normalized spacial score (nSPS) is 12.3. The highest BCUT2D eigenvalue weighted by Crippen LogP contribution is 2.37. The summed E-state index contributed by atoms with van der Waals surface area (Å²) in [4.78, 5) is 17.5. The Morgan fingerprint density at radius 3 is 2.38 bits per heavy atom. The number of imidazole rings is 1. The molecule has 0 aliphatic rings. The molecule has 3 N–H and O–H groups in total. The first-order chi connectivity index (χ1) is 17.6. The molecule has 0 amide bonds. The summed E-state index contributed by atoms with van der Waals surface area (Å²) < 4.78 is 9.96. The van der Waals surface area contributed by atoms with Crippen molar-refractivity contribution in [1.29, 1.82) is 0 Å². The molecule has 0 spiro atoms. The van der Waals surface area contributed by atoms with Crippen molar-refractivity contribution in [2.75, 3.05) is 12.3 Å². The van der Waals surface area contributed by atoms with Crippen LogP contribution in [-0.4, -0.2) is 51.6 Å². The number of benzene rings is 2. The zero-order chi connectivity index (χ0) is 26.4. The topological polar surface area (TPSA) is 130 Å². The van der Waals surface area contributed by atoms with Gasteiger partial charge in [0.2, 0.25) is 5.95 Å². The van der Waals surface area contributed by atoms with E-state index in [1.54, 1.807) is 23.4 Å². The Morgan fingerprint density at radius 2 is 1.73 bits per heavy atom. The highest BCUT2D eigenvalue weighted by atomic mass is 16.5. The standard InChI is InChI=1S/C27H30N8O2/c1-26(2,3)35-22-9-6-17(18-12-30-25(28)31-13-18)10-21(22)33-24(35)20-8-7-19(37-27(4,5)14-36)11-23(20)34-16-29-15-32-34/h6-13,15-16,36H,14H2,1-5H3,(H2,28,30,31). The van der Waals surface area contributed by atoms with E-state index >= 15 is 0 Å². The van der Waals surface area contributed by atoms with Gasteiger partial charge in [0.15, 0.2) is 0 Å². The number of aliphatic hydroxyl groups excluding tert-OH is 1. The lowest BCUT2D eigenvalue weighted by atomic mass is 10.0. The fourth-order valence-corrected chi connectivity index (χ4v) is 4.24. The van der Waals surface area contributed by atoms with Crippen LogP contribution in [0.1, 0.15) is 34.6 Å². The van der Waals surface area contributed by atoms with Crippen LogP contribution in [0.25, 0.3) is 39.2 Å². The molecule has 0 saturated carbocycles. The number of aromatic nitrogens is 7. The molecule has 5 aromatic rings. The van der Waals surface area contributed by atoms with Gasteiger partial charge in [0, 0.05) is 35.1 Å². The second-order valence-corrected chi connectivity index (χ2v) is 10.5. The van der Waals surface area contributed by atoms with Crippen LogP contribution in [0.15, 0.2) is 61.4 Å². The number of rotatable bonds is 6. The first kappa shape index (κ1) is 24.4. The van der Waals surface area contributed by atoms with Crippen molar-refractivity contribution in [3.63, 3.8) is 0 Å². The van der Waals surface area contributed by atoms with E-state index in [0.29, 0.717) is 5.75 Å². The van der Waals surface area contributed by atoms with E-state index in [9.17, 15) is 5.11 Å². The lowest BCUT2D eigenvalue weighted by molar-refractivity contribution is 0.0412. The minimum absolute atomic E-state index is 0.116. The summed E-state index contributed by atoms with van der Waals surface area (Å²) in [5.41, 5.74) is 9.92. The third-order valence-corrected chi connectivity index (χ3v) is 5.98. The molecule has 10 heteroatoms. The van der Waals surface area contributed by atoms with E-state index in [1.165, 1.54) is 6.33 Å². The highest BCUT2D eigenvalue weighted by molar-refractivity contribution is 5.87. The van der Waals surface area contributed by atoms with Gasteiger partial charge in [-0.25, -0.2) is 24.6 Å². The molecule has 0 fully saturated rings. The Kier molecular flexibility index (Phi) is 5.91. The molecular weight excluding hydrogens is 468 g/mol. The summed E-state index contributed by atoms with van der Waals surface area (Å²) in [6, 6.07) is 11.9. The van der Waals surface area contributed by atoms with Gasteiger partial charge in [-0.05, 0) is 64.4 Å².